The zero-order chi connectivity index (χ0) is 34.7. The molecule has 0 fully saturated rings. The van der Waals surface area contributed by atoms with Crippen LogP contribution in [0.3, 0.4) is 0 Å². The van der Waals surface area contributed by atoms with Crippen molar-refractivity contribution in [1.82, 2.24) is 0 Å². The van der Waals surface area contributed by atoms with Crippen molar-refractivity contribution in [3.05, 3.63) is 150 Å². The number of rotatable bonds is 11. The molecule has 8 rings (SSSR count). The highest BCUT2D eigenvalue weighted by molar-refractivity contribution is 5.96. The number of phenolic OH excluding ortho intramolecular Hbond substituents is 3. The predicted molar refractivity (Wildman–Crippen MR) is 195 cm³/mol. The second-order valence-corrected chi connectivity index (χ2v) is 12.2. The van der Waals surface area contributed by atoms with Gasteiger partial charge in [-0.05, 0) is 124 Å². The van der Waals surface area contributed by atoms with Gasteiger partial charge in [-0.25, -0.2) is 0 Å². The van der Waals surface area contributed by atoms with E-state index in [-0.39, 0.29) is 23.2 Å². The number of ether oxygens (including phenoxy) is 5. The summed E-state index contributed by atoms with van der Waals surface area (Å²) >= 11 is 0. The quantitative estimate of drug-likeness (QED) is 0.116. The van der Waals surface area contributed by atoms with E-state index in [9.17, 15) is 15.3 Å². The Morgan fingerprint density at radius 1 is 0.412 bits per heavy atom. The molecule has 0 atom stereocenters. The zero-order valence-electron chi connectivity index (χ0n) is 27.5. The zero-order valence-corrected chi connectivity index (χ0v) is 27.5. The van der Waals surface area contributed by atoms with Gasteiger partial charge < -0.3 is 39.0 Å². The van der Waals surface area contributed by atoms with E-state index in [0.717, 1.165) is 61.2 Å². The van der Waals surface area contributed by atoms with E-state index in [1.807, 2.05) is 60.7 Å². The molecule has 7 aromatic carbocycles. The molecule has 0 aromatic heterocycles. The lowest BCUT2D eigenvalue weighted by molar-refractivity contribution is 0.217. The fourth-order valence-electron chi connectivity index (χ4n) is 6.56. The number of benzene rings is 7. The summed E-state index contributed by atoms with van der Waals surface area (Å²) in [6.45, 7) is 1.42. The van der Waals surface area contributed by atoms with Gasteiger partial charge >= 0.3 is 0 Å². The van der Waals surface area contributed by atoms with Crippen molar-refractivity contribution in [3.63, 3.8) is 0 Å². The third kappa shape index (κ3) is 6.72. The number of aromatic hydroxyl groups is 3. The number of hydrogen-bond acceptors (Lipinski definition) is 8. The largest absolute Gasteiger partial charge is 0.508 e. The summed E-state index contributed by atoms with van der Waals surface area (Å²) in [7, 11) is 0. The number of hydrogen-bond donors (Lipinski definition) is 3. The molecule has 1 aliphatic rings. The van der Waals surface area contributed by atoms with E-state index >= 15 is 0 Å². The molecule has 0 saturated heterocycles. The van der Waals surface area contributed by atoms with Crippen LogP contribution < -0.4 is 23.7 Å². The van der Waals surface area contributed by atoms with Crippen molar-refractivity contribution >= 4 is 21.5 Å². The second-order valence-electron chi connectivity index (χ2n) is 12.2. The summed E-state index contributed by atoms with van der Waals surface area (Å²) in [6, 6.07) is 40.8. The van der Waals surface area contributed by atoms with Gasteiger partial charge in [0.1, 0.15) is 78.2 Å². The summed E-state index contributed by atoms with van der Waals surface area (Å²) in [6.07, 6.45) is 0. The molecule has 1 heterocycles. The third-order valence-corrected chi connectivity index (χ3v) is 8.92. The summed E-state index contributed by atoms with van der Waals surface area (Å²) in [5, 5.41) is 33.3. The van der Waals surface area contributed by atoms with Crippen LogP contribution in [0.1, 0.15) is 22.6 Å². The predicted octanol–water partition coefficient (Wildman–Crippen LogP) is 9.31. The summed E-state index contributed by atoms with van der Waals surface area (Å²) < 4.78 is 30.2. The lowest BCUT2D eigenvalue weighted by Crippen LogP contribution is -2.13. The monoisotopic (exact) mass is 678 g/mol. The molecule has 8 nitrogen and oxygen atoms in total. The smallest absolute Gasteiger partial charge is 0.132 e. The molecule has 8 heteroatoms. The van der Waals surface area contributed by atoms with Gasteiger partial charge in [-0.1, -0.05) is 36.4 Å². The minimum atomic E-state index is -0.187. The average Bonchev–Trinajstić information content (AvgIpc) is 3.15. The Hall–Kier alpha value is -6.54. The first kappa shape index (κ1) is 31.7. The van der Waals surface area contributed by atoms with Gasteiger partial charge in [0.2, 0.25) is 0 Å². The topological polar surface area (TPSA) is 107 Å². The molecule has 0 aliphatic carbocycles. The summed E-state index contributed by atoms with van der Waals surface area (Å²) in [4.78, 5) is 0. The Balaban J connectivity index is 1.07. The van der Waals surface area contributed by atoms with Crippen LogP contribution in [0.25, 0.3) is 21.5 Å². The fraction of sp³-hybridized carbons (Fsp3) is 0.116. The van der Waals surface area contributed by atoms with Crippen molar-refractivity contribution in [3.8, 4) is 51.7 Å². The van der Waals surface area contributed by atoms with Crippen molar-refractivity contribution in [2.45, 2.75) is 5.92 Å². The number of fused-ring (bicyclic) bond motifs is 6. The molecule has 0 radical (unpaired) electrons. The Morgan fingerprint density at radius 3 is 1.22 bits per heavy atom. The molecule has 7 aromatic rings. The van der Waals surface area contributed by atoms with Gasteiger partial charge in [0, 0.05) is 17.0 Å². The molecule has 254 valence electrons. The van der Waals surface area contributed by atoms with E-state index in [2.05, 4.69) is 12.1 Å². The van der Waals surface area contributed by atoms with Gasteiger partial charge in [0.05, 0.1) is 0 Å². The maximum absolute atomic E-state index is 10.2. The van der Waals surface area contributed by atoms with Crippen LogP contribution >= 0.6 is 0 Å². The first-order valence-electron chi connectivity index (χ1n) is 16.7. The maximum atomic E-state index is 10.2. The van der Waals surface area contributed by atoms with Gasteiger partial charge in [-0.3, -0.25) is 0 Å². The second kappa shape index (κ2) is 13.8. The van der Waals surface area contributed by atoms with Crippen LogP contribution in [0.2, 0.25) is 0 Å². The first-order chi connectivity index (χ1) is 25.0. The van der Waals surface area contributed by atoms with E-state index in [1.165, 1.54) is 0 Å². The van der Waals surface area contributed by atoms with Crippen LogP contribution in [-0.4, -0.2) is 41.7 Å². The van der Waals surface area contributed by atoms with Gasteiger partial charge in [0.15, 0.2) is 0 Å². The normalized spacial score (nSPS) is 12.2. The van der Waals surface area contributed by atoms with E-state index in [4.69, 9.17) is 23.7 Å². The molecule has 1 aliphatic heterocycles. The van der Waals surface area contributed by atoms with Crippen molar-refractivity contribution < 1.29 is 39.0 Å². The Kier molecular flexibility index (Phi) is 8.56. The van der Waals surface area contributed by atoms with Crippen molar-refractivity contribution in [2.24, 2.45) is 0 Å². The highest BCUT2D eigenvalue weighted by atomic mass is 16.5. The standard InChI is InChI=1S/C43H34O8/c44-30-5-1-27(2-6-30)41-42-37-17-15-35(49-23-21-47-33-11-7-31(45)8-12-33)25-28(37)3-19-39(42)51-40-20-4-29-26-36(16-18-38(29)43(40)41)50-24-22-48-34-13-9-32(46)10-14-34/h1-20,25-26,41,44-46H,21-24H2. The van der Waals surface area contributed by atoms with E-state index in [0.29, 0.717) is 37.9 Å². The Labute approximate surface area is 294 Å². The van der Waals surface area contributed by atoms with Gasteiger partial charge in [-0.2, -0.15) is 0 Å². The van der Waals surface area contributed by atoms with Gasteiger partial charge in [-0.15, -0.1) is 0 Å². The molecule has 3 N–H and O–H groups in total. The summed E-state index contributed by atoms with van der Waals surface area (Å²) in [5.41, 5.74) is 3.09. The van der Waals surface area contributed by atoms with Crippen LogP contribution in [0, 0.1) is 0 Å². The van der Waals surface area contributed by atoms with Crippen LogP contribution in [-0.2, 0) is 0 Å². The summed E-state index contributed by atoms with van der Waals surface area (Å²) in [5.74, 6) is 4.72. The highest BCUT2D eigenvalue weighted by Gasteiger charge is 2.32. The third-order valence-electron chi connectivity index (χ3n) is 8.92. The Bertz CT molecular complexity index is 2170. The van der Waals surface area contributed by atoms with Crippen LogP contribution in [0.5, 0.6) is 51.7 Å². The lowest BCUT2D eigenvalue weighted by atomic mass is 9.78. The lowest BCUT2D eigenvalue weighted by Gasteiger charge is -2.31. The maximum Gasteiger partial charge on any atom is 0.132 e. The molecular weight excluding hydrogens is 644 g/mol. The molecule has 0 bridgehead atoms. The van der Waals surface area contributed by atoms with Crippen LogP contribution in [0.4, 0.5) is 0 Å². The van der Waals surface area contributed by atoms with E-state index in [1.54, 1.807) is 60.7 Å². The van der Waals surface area contributed by atoms with Crippen LogP contribution in [0.15, 0.2) is 133 Å². The molecular formula is C43H34O8. The first-order valence-corrected chi connectivity index (χ1v) is 16.7. The minimum Gasteiger partial charge on any atom is -0.508 e. The van der Waals surface area contributed by atoms with Crippen molar-refractivity contribution in [2.75, 3.05) is 26.4 Å². The van der Waals surface area contributed by atoms with Gasteiger partial charge in [0.25, 0.3) is 0 Å². The fourth-order valence-corrected chi connectivity index (χ4v) is 6.56. The molecule has 51 heavy (non-hydrogen) atoms. The molecule has 0 amide bonds. The highest BCUT2D eigenvalue weighted by Crippen LogP contribution is 2.52. The molecule has 0 spiro atoms. The van der Waals surface area contributed by atoms with Crippen molar-refractivity contribution in [1.29, 1.82) is 0 Å². The molecule has 0 saturated carbocycles. The minimum absolute atomic E-state index is 0.187. The molecule has 0 unspecified atom stereocenters. The SMILES string of the molecule is Oc1ccc(OCCOc2ccc3c4c(ccc3c2)Oc2ccc3cc(OCCOc5ccc(O)cc5)ccc3c2C4c2ccc(O)cc2)cc1. The number of phenols is 3. The Morgan fingerprint density at radius 2 is 0.784 bits per heavy atom. The average molecular weight is 679 g/mol. The van der Waals surface area contributed by atoms with E-state index < -0.39 is 0 Å².